The van der Waals surface area contributed by atoms with Gasteiger partial charge in [-0.1, -0.05) is 31.5 Å². The normalized spacial score (nSPS) is 25.0. The molecular formula is C16H22O5. The lowest BCUT2D eigenvalue weighted by molar-refractivity contribution is -0.144. The molecule has 2 rings (SSSR count). The first-order valence-corrected chi connectivity index (χ1v) is 7.38. The van der Waals surface area contributed by atoms with Crippen LogP contribution in [0.2, 0.25) is 0 Å². The van der Waals surface area contributed by atoms with Gasteiger partial charge in [-0.25, -0.2) is 4.79 Å². The summed E-state index contributed by atoms with van der Waals surface area (Å²) < 4.78 is 16.2. The molecule has 1 fully saturated rings. The summed E-state index contributed by atoms with van der Waals surface area (Å²) in [6, 6.07) is 8.75. The number of aliphatic hydroxyl groups is 1. The lowest BCUT2D eigenvalue weighted by Gasteiger charge is -2.15. The predicted molar refractivity (Wildman–Crippen MR) is 76.9 cm³/mol. The standard InChI is InChI=1S/C16H22O5/c1-2-3-9-19-15-10-13(17)14(21-15)11-20-16(18)12-7-5-4-6-8-12/h4-8,13-15,17H,2-3,9-11H2,1H3/t13-,14-,15?/m1/s1. The van der Waals surface area contributed by atoms with E-state index in [1.54, 1.807) is 24.3 Å². The Balaban J connectivity index is 1.74. The highest BCUT2D eigenvalue weighted by molar-refractivity contribution is 5.89. The number of benzene rings is 1. The van der Waals surface area contributed by atoms with Crippen molar-refractivity contribution in [2.24, 2.45) is 0 Å². The average molecular weight is 294 g/mol. The molecule has 3 atom stereocenters. The molecule has 0 saturated carbocycles. The highest BCUT2D eigenvalue weighted by Crippen LogP contribution is 2.22. The van der Waals surface area contributed by atoms with Gasteiger partial charge in [-0.3, -0.25) is 0 Å². The van der Waals surface area contributed by atoms with E-state index >= 15 is 0 Å². The molecule has 5 nitrogen and oxygen atoms in total. The number of rotatable bonds is 7. The summed E-state index contributed by atoms with van der Waals surface area (Å²) in [5, 5.41) is 9.90. The van der Waals surface area contributed by atoms with Gasteiger partial charge >= 0.3 is 5.97 Å². The van der Waals surface area contributed by atoms with Gasteiger partial charge < -0.3 is 19.3 Å². The van der Waals surface area contributed by atoms with Crippen molar-refractivity contribution in [2.75, 3.05) is 13.2 Å². The van der Waals surface area contributed by atoms with Gasteiger partial charge in [-0.15, -0.1) is 0 Å². The largest absolute Gasteiger partial charge is 0.459 e. The molecule has 1 heterocycles. The summed E-state index contributed by atoms with van der Waals surface area (Å²) in [6.45, 7) is 2.73. The van der Waals surface area contributed by atoms with Crippen LogP contribution in [0.4, 0.5) is 0 Å². The van der Waals surface area contributed by atoms with Crippen LogP contribution in [0.1, 0.15) is 36.5 Å². The van der Waals surface area contributed by atoms with Crippen LogP contribution in [0.15, 0.2) is 30.3 Å². The fraction of sp³-hybridized carbons (Fsp3) is 0.562. The summed E-state index contributed by atoms with van der Waals surface area (Å²) in [7, 11) is 0. The first kappa shape index (κ1) is 15.9. The van der Waals surface area contributed by atoms with Crippen LogP contribution in [-0.4, -0.2) is 42.8 Å². The first-order chi connectivity index (χ1) is 10.2. The van der Waals surface area contributed by atoms with Crippen LogP contribution in [-0.2, 0) is 14.2 Å². The third-order valence-corrected chi connectivity index (χ3v) is 3.38. The quantitative estimate of drug-likeness (QED) is 0.616. The molecule has 1 aromatic rings. The van der Waals surface area contributed by atoms with E-state index in [-0.39, 0.29) is 6.61 Å². The van der Waals surface area contributed by atoms with Crippen molar-refractivity contribution >= 4 is 5.97 Å². The van der Waals surface area contributed by atoms with Crippen LogP contribution >= 0.6 is 0 Å². The van der Waals surface area contributed by atoms with Crippen LogP contribution in [0.25, 0.3) is 0 Å². The Morgan fingerprint density at radius 2 is 2.14 bits per heavy atom. The highest BCUT2D eigenvalue weighted by atomic mass is 16.7. The molecule has 21 heavy (non-hydrogen) atoms. The number of unbranched alkanes of at least 4 members (excludes halogenated alkanes) is 1. The monoisotopic (exact) mass is 294 g/mol. The summed E-state index contributed by atoms with van der Waals surface area (Å²) in [5.41, 5.74) is 0.487. The van der Waals surface area contributed by atoms with Crippen molar-refractivity contribution in [2.45, 2.75) is 44.7 Å². The zero-order valence-electron chi connectivity index (χ0n) is 12.2. The van der Waals surface area contributed by atoms with E-state index in [9.17, 15) is 9.90 Å². The van der Waals surface area contributed by atoms with E-state index in [0.29, 0.717) is 18.6 Å². The van der Waals surface area contributed by atoms with E-state index in [1.165, 1.54) is 0 Å². The fourth-order valence-corrected chi connectivity index (χ4v) is 2.12. The van der Waals surface area contributed by atoms with Crippen molar-refractivity contribution in [3.8, 4) is 0 Å². The minimum Gasteiger partial charge on any atom is -0.459 e. The Morgan fingerprint density at radius 1 is 1.38 bits per heavy atom. The van der Waals surface area contributed by atoms with Crippen molar-refractivity contribution in [1.82, 2.24) is 0 Å². The maximum Gasteiger partial charge on any atom is 0.338 e. The molecule has 0 aromatic heterocycles. The lowest BCUT2D eigenvalue weighted by atomic mass is 10.2. The second-order valence-electron chi connectivity index (χ2n) is 5.10. The van der Waals surface area contributed by atoms with Crippen molar-refractivity contribution < 1.29 is 24.1 Å². The van der Waals surface area contributed by atoms with Crippen molar-refractivity contribution in [3.05, 3.63) is 35.9 Å². The summed E-state index contributed by atoms with van der Waals surface area (Å²) >= 11 is 0. The molecule has 1 aliphatic rings. The zero-order chi connectivity index (χ0) is 15.1. The Labute approximate surface area is 124 Å². The Morgan fingerprint density at radius 3 is 2.86 bits per heavy atom. The zero-order valence-corrected chi connectivity index (χ0v) is 12.2. The first-order valence-electron chi connectivity index (χ1n) is 7.38. The van der Waals surface area contributed by atoms with E-state index in [0.717, 1.165) is 12.8 Å². The van der Waals surface area contributed by atoms with Gasteiger partial charge in [0.15, 0.2) is 6.29 Å². The van der Waals surface area contributed by atoms with Crippen molar-refractivity contribution in [3.63, 3.8) is 0 Å². The number of ether oxygens (including phenoxy) is 3. The number of aliphatic hydroxyl groups excluding tert-OH is 1. The molecular weight excluding hydrogens is 272 g/mol. The van der Waals surface area contributed by atoms with Gasteiger partial charge in [0, 0.05) is 13.0 Å². The second-order valence-corrected chi connectivity index (χ2v) is 5.10. The minimum atomic E-state index is -0.666. The molecule has 0 bridgehead atoms. The second kappa shape index (κ2) is 8.12. The van der Waals surface area contributed by atoms with E-state index < -0.39 is 24.5 Å². The third-order valence-electron chi connectivity index (χ3n) is 3.38. The van der Waals surface area contributed by atoms with Gasteiger partial charge in [0.05, 0.1) is 11.7 Å². The smallest absolute Gasteiger partial charge is 0.338 e. The number of hydrogen-bond acceptors (Lipinski definition) is 5. The third kappa shape index (κ3) is 4.81. The molecule has 1 unspecified atom stereocenters. The number of carbonyl (C=O) groups is 1. The molecule has 1 N–H and O–H groups in total. The molecule has 0 amide bonds. The highest BCUT2D eigenvalue weighted by Gasteiger charge is 2.35. The number of esters is 1. The molecule has 116 valence electrons. The Bertz CT molecular complexity index is 434. The van der Waals surface area contributed by atoms with Gasteiger partial charge in [0.25, 0.3) is 0 Å². The molecule has 1 aliphatic heterocycles. The van der Waals surface area contributed by atoms with E-state index in [1.807, 2.05) is 6.07 Å². The topological polar surface area (TPSA) is 65.0 Å². The lowest BCUT2D eigenvalue weighted by Crippen LogP contribution is -2.28. The minimum absolute atomic E-state index is 0.0303. The fourth-order valence-electron chi connectivity index (χ4n) is 2.12. The maximum atomic E-state index is 11.8. The maximum absolute atomic E-state index is 11.8. The SMILES string of the molecule is CCCCOC1C[C@@H](O)[C@@H](COC(=O)c2ccccc2)O1. The molecule has 0 spiro atoms. The predicted octanol–water partition coefficient (Wildman–Crippen LogP) is 2.14. The van der Waals surface area contributed by atoms with Gasteiger partial charge in [0.2, 0.25) is 0 Å². The van der Waals surface area contributed by atoms with Crippen LogP contribution in [0, 0.1) is 0 Å². The van der Waals surface area contributed by atoms with E-state index in [4.69, 9.17) is 14.2 Å². The Hall–Kier alpha value is -1.43. The number of carbonyl (C=O) groups excluding carboxylic acids is 1. The summed E-state index contributed by atoms with van der Waals surface area (Å²) in [5.74, 6) is -0.415. The molecule has 1 aromatic carbocycles. The van der Waals surface area contributed by atoms with E-state index in [2.05, 4.69) is 6.92 Å². The van der Waals surface area contributed by atoms with Crippen LogP contribution in [0.3, 0.4) is 0 Å². The molecule has 1 saturated heterocycles. The number of hydrogen-bond donors (Lipinski definition) is 1. The van der Waals surface area contributed by atoms with Crippen LogP contribution < -0.4 is 0 Å². The van der Waals surface area contributed by atoms with Crippen LogP contribution in [0.5, 0.6) is 0 Å². The average Bonchev–Trinajstić information content (AvgIpc) is 2.86. The molecule has 5 heteroatoms. The van der Waals surface area contributed by atoms with Crippen molar-refractivity contribution in [1.29, 1.82) is 0 Å². The Kier molecular flexibility index (Phi) is 6.17. The summed E-state index contributed by atoms with van der Waals surface area (Å²) in [6.07, 6.45) is 0.824. The van der Waals surface area contributed by atoms with Gasteiger partial charge in [0.1, 0.15) is 12.7 Å². The van der Waals surface area contributed by atoms with Gasteiger partial charge in [-0.2, -0.15) is 0 Å². The van der Waals surface area contributed by atoms with Gasteiger partial charge in [-0.05, 0) is 18.6 Å². The molecule has 0 radical (unpaired) electrons. The summed E-state index contributed by atoms with van der Waals surface area (Å²) in [4.78, 5) is 11.8. The molecule has 0 aliphatic carbocycles.